The summed E-state index contributed by atoms with van der Waals surface area (Å²) in [6, 6.07) is 16.8. The summed E-state index contributed by atoms with van der Waals surface area (Å²) in [5.74, 6) is -0.596. The average Bonchev–Trinajstić information content (AvgIpc) is 3.26. The van der Waals surface area contributed by atoms with E-state index >= 15 is 0 Å². The largest absolute Gasteiger partial charge is 0.489 e. The number of hydrogen-bond donors (Lipinski definition) is 1. The van der Waals surface area contributed by atoms with Crippen LogP contribution in [0.25, 0.3) is 11.1 Å². The highest BCUT2D eigenvalue weighted by Gasteiger charge is 2.37. The highest BCUT2D eigenvalue weighted by molar-refractivity contribution is 5.70. The van der Waals surface area contributed by atoms with Crippen molar-refractivity contribution >= 4 is 5.97 Å². The molecule has 3 aromatic rings. The molecule has 0 unspecified atom stereocenters. The monoisotopic (exact) mass is 538 g/mol. The fourth-order valence-corrected chi connectivity index (χ4v) is 5.99. The molecule has 4 rings (SSSR count). The Balaban J connectivity index is 1.65. The lowest BCUT2D eigenvalue weighted by Gasteiger charge is -2.30. The first-order valence-corrected chi connectivity index (χ1v) is 13.7. The Kier molecular flexibility index (Phi) is 9.04. The molecule has 3 nitrogen and oxygen atoms in total. The second kappa shape index (κ2) is 12.3. The van der Waals surface area contributed by atoms with E-state index in [4.69, 9.17) is 4.74 Å². The van der Waals surface area contributed by atoms with Gasteiger partial charge in [-0.25, -0.2) is 13.2 Å². The smallest absolute Gasteiger partial charge is 0.303 e. The van der Waals surface area contributed by atoms with E-state index in [1.807, 2.05) is 49.4 Å². The molecular weight excluding hydrogens is 501 g/mol. The Labute approximate surface area is 229 Å². The summed E-state index contributed by atoms with van der Waals surface area (Å²) < 4.78 is 48.0. The molecule has 0 amide bonds. The van der Waals surface area contributed by atoms with E-state index < -0.39 is 18.2 Å². The number of carbonyl (C=O) groups is 1. The number of ether oxygens (including phenoxy) is 1. The molecule has 1 N–H and O–H groups in total. The molecule has 39 heavy (non-hydrogen) atoms. The number of alkyl halides is 2. The van der Waals surface area contributed by atoms with Crippen LogP contribution in [0.4, 0.5) is 13.2 Å². The molecule has 0 spiro atoms. The first-order valence-electron chi connectivity index (χ1n) is 13.7. The van der Waals surface area contributed by atoms with E-state index in [1.54, 1.807) is 0 Å². The zero-order valence-electron chi connectivity index (χ0n) is 22.9. The molecule has 6 heteroatoms. The first kappa shape index (κ1) is 28.7. The van der Waals surface area contributed by atoms with Gasteiger partial charge in [-0.3, -0.25) is 4.79 Å². The maximum Gasteiger partial charge on any atom is 0.303 e. The molecule has 3 aromatic carbocycles. The molecule has 0 saturated heterocycles. The van der Waals surface area contributed by atoms with Crippen LogP contribution in [-0.2, 0) is 11.4 Å². The molecule has 1 aliphatic carbocycles. The van der Waals surface area contributed by atoms with E-state index in [1.165, 1.54) is 6.07 Å². The van der Waals surface area contributed by atoms with Crippen LogP contribution in [0.15, 0.2) is 60.7 Å². The summed E-state index contributed by atoms with van der Waals surface area (Å²) in [7, 11) is 0. The Morgan fingerprint density at radius 3 is 2.51 bits per heavy atom. The van der Waals surface area contributed by atoms with Crippen molar-refractivity contribution in [2.24, 2.45) is 5.41 Å². The van der Waals surface area contributed by atoms with Crippen LogP contribution < -0.4 is 4.74 Å². The molecule has 0 aromatic heterocycles. The quantitative estimate of drug-likeness (QED) is 0.264. The fraction of sp³-hybridized carbons (Fsp3) is 0.424. The van der Waals surface area contributed by atoms with Crippen LogP contribution in [0.1, 0.15) is 99.8 Å². The molecule has 0 bridgehead atoms. The van der Waals surface area contributed by atoms with E-state index in [0.717, 1.165) is 60.9 Å². The minimum absolute atomic E-state index is 0.00219. The maximum absolute atomic E-state index is 15.0. The number of benzene rings is 3. The van der Waals surface area contributed by atoms with Crippen LogP contribution in [0, 0.1) is 11.2 Å². The van der Waals surface area contributed by atoms with Crippen molar-refractivity contribution in [2.75, 3.05) is 0 Å². The highest BCUT2D eigenvalue weighted by Crippen LogP contribution is 2.51. The van der Waals surface area contributed by atoms with Crippen molar-refractivity contribution in [3.63, 3.8) is 0 Å². The van der Waals surface area contributed by atoms with E-state index in [-0.39, 0.29) is 41.4 Å². The van der Waals surface area contributed by atoms with Crippen LogP contribution in [-0.4, -0.2) is 11.1 Å². The average molecular weight is 539 g/mol. The lowest BCUT2D eigenvalue weighted by molar-refractivity contribution is -0.137. The van der Waals surface area contributed by atoms with E-state index in [9.17, 15) is 23.1 Å². The van der Waals surface area contributed by atoms with Crippen molar-refractivity contribution in [1.29, 1.82) is 0 Å². The van der Waals surface area contributed by atoms with Gasteiger partial charge in [-0.2, -0.15) is 0 Å². The number of hydrogen-bond acceptors (Lipinski definition) is 2. The van der Waals surface area contributed by atoms with E-state index in [0.29, 0.717) is 11.3 Å². The summed E-state index contributed by atoms with van der Waals surface area (Å²) in [4.78, 5) is 11.4. The minimum Gasteiger partial charge on any atom is -0.489 e. The number of halogens is 3. The van der Waals surface area contributed by atoms with Gasteiger partial charge in [0.15, 0.2) is 0 Å². The van der Waals surface area contributed by atoms with Gasteiger partial charge in [-0.05, 0) is 83.0 Å². The molecular formula is C33H37F3O3. The van der Waals surface area contributed by atoms with Gasteiger partial charge < -0.3 is 9.84 Å². The lowest BCUT2D eigenvalue weighted by Crippen LogP contribution is -2.17. The van der Waals surface area contributed by atoms with Crippen molar-refractivity contribution in [2.45, 2.75) is 84.2 Å². The Morgan fingerprint density at radius 2 is 1.85 bits per heavy atom. The lowest BCUT2D eigenvalue weighted by atomic mass is 9.75. The summed E-state index contributed by atoms with van der Waals surface area (Å²) in [6.07, 6.45) is 2.11. The summed E-state index contributed by atoms with van der Waals surface area (Å²) in [5, 5.41) is 9.32. The SMILES string of the molecule is CCC[C@@H](CC(=O)O)c1cccc(OCc2ccc(-c3cc(C(F)F)ccc3F)c([C@H]3CCCC3(C)C)c2)c1. The standard InChI is InChI=1S/C33H37F3O3/c1-4-7-22(19-31(37)38)23-8-5-9-25(17-23)39-20-21-11-13-26(27(16-21)29-10-6-15-33(29,2)3)28-18-24(32(35)36)12-14-30(28)34/h5,8-9,11-14,16-18,22,29,32H,4,6-7,10,15,19-20H2,1-3H3,(H,37,38)/t22-,29+/m0/s1. The molecule has 0 radical (unpaired) electrons. The minimum atomic E-state index is -2.67. The highest BCUT2D eigenvalue weighted by atomic mass is 19.3. The molecule has 2 atom stereocenters. The maximum atomic E-state index is 15.0. The predicted octanol–water partition coefficient (Wildman–Crippen LogP) is 9.66. The third-order valence-corrected chi connectivity index (χ3v) is 8.07. The van der Waals surface area contributed by atoms with Gasteiger partial charge in [0.05, 0.1) is 6.42 Å². The Hall–Kier alpha value is -3.28. The normalized spacial score (nSPS) is 17.4. The molecule has 1 aliphatic rings. The van der Waals surface area contributed by atoms with Gasteiger partial charge in [0.2, 0.25) is 0 Å². The van der Waals surface area contributed by atoms with Gasteiger partial charge in [0, 0.05) is 11.1 Å². The first-order chi connectivity index (χ1) is 18.6. The van der Waals surface area contributed by atoms with Crippen molar-refractivity contribution in [3.05, 3.63) is 88.7 Å². The van der Waals surface area contributed by atoms with Gasteiger partial charge in [0.25, 0.3) is 6.43 Å². The molecule has 1 fully saturated rings. The van der Waals surface area contributed by atoms with Gasteiger partial charge in [0.1, 0.15) is 18.2 Å². The summed E-state index contributed by atoms with van der Waals surface area (Å²) >= 11 is 0. The van der Waals surface area contributed by atoms with Crippen LogP contribution in [0.3, 0.4) is 0 Å². The summed E-state index contributed by atoms with van der Waals surface area (Å²) in [6.45, 7) is 6.73. The van der Waals surface area contributed by atoms with Crippen molar-refractivity contribution < 1.29 is 27.8 Å². The second-order valence-corrected chi connectivity index (χ2v) is 11.3. The van der Waals surface area contributed by atoms with Gasteiger partial charge in [-0.15, -0.1) is 0 Å². The van der Waals surface area contributed by atoms with Crippen LogP contribution in [0.5, 0.6) is 5.75 Å². The Morgan fingerprint density at radius 1 is 1.05 bits per heavy atom. The third-order valence-electron chi connectivity index (χ3n) is 8.07. The van der Waals surface area contributed by atoms with Gasteiger partial charge in [-0.1, -0.05) is 70.0 Å². The zero-order chi connectivity index (χ0) is 28.2. The van der Waals surface area contributed by atoms with Crippen molar-refractivity contribution in [3.8, 4) is 16.9 Å². The third kappa shape index (κ3) is 6.84. The number of aliphatic carboxylic acids is 1. The fourth-order valence-electron chi connectivity index (χ4n) is 5.99. The molecule has 0 aliphatic heterocycles. The summed E-state index contributed by atoms with van der Waals surface area (Å²) in [5.41, 5.74) is 3.46. The molecule has 1 saturated carbocycles. The predicted molar refractivity (Wildman–Crippen MR) is 148 cm³/mol. The zero-order valence-corrected chi connectivity index (χ0v) is 22.9. The number of carboxylic acids is 1. The topological polar surface area (TPSA) is 46.5 Å². The molecule has 0 heterocycles. The van der Waals surface area contributed by atoms with Crippen molar-refractivity contribution in [1.82, 2.24) is 0 Å². The van der Waals surface area contributed by atoms with Gasteiger partial charge >= 0.3 is 5.97 Å². The van der Waals surface area contributed by atoms with Crippen LogP contribution in [0.2, 0.25) is 0 Å². The molecule has 208 valence electrons. The van der Waals surface area contributed by atoms with Crippen LogP contribution >= 0.6 is 0 Å². The number of carboxylic acid groups (broad SMARTS) is 1. The number of rotatable bonds is 11. The Bertz CT molecular complexity index is 1300. The second-order valence-electron chi connectivity index (χ2n) is 11.3. The van der Waals surface area contributed by atoms with E-state index in [2.05, 4.69) is 13.8 Å².